The number of methoxy groups -OCH3 is 2. The van der Waals surface area contributed by atoms with Crippen molar-refractivity contribution in [2.24, 2.45) is 4.99 Å². The van der Waals surface area contributed by atoms with Crippen LogP contribution in [-0.2, 0) is 9.53 Å². The molecular formula is C21H17NO5. The van der Waals surface area contributed by atoms with Crippen LogP contribution in [0.25, 0.3) is 6.08 Å². The van der Waals surface area contributed by atoms with Gasteiger partial charge in [-0.2, -0.15) is 0 Å². The normalized spacial score (nSPS) is 16.8. The molecule has 0 aliphatic carbocycles. The van der Waals surface area contributed by atoms with Gasteiger partial charge >= 0.3 is 5.97 Å². The molecule has 136 valence electrons. The molecular weight excluding hydrogens is 346 g/mol. The zero-order valence-corrected chi connectivity index (χ0v) is 14.9. The minimum atomic E-state index is -0.491. The Morgan fingerprint density at radius 1 is 1.07 bits per heavy atom. The van der Waals surface area contributed by atoms with Crippen LogP contribution in [-0.4, -0.2) is 32.7 Å². The molecule has 0 aromatic heterocycles. The van der Waals surface area contributed by atoms with Crippen molar-refractivity contribution in [3.8, 4) is 17.2 Å². The molecule has 0 fully saturated rings. The average molecular weight is 363 g/mol. The van der Waals surface area contributed by atoms with Crippen LogP contribution in [0.15, 0.2) is 64.8 Å². The second kappa shape index (κ2) is 6.99. The van der Waals surface area contributed by atoms with Crippen LogP contribution in [0.1, 0.15) is 11.1 Å². The predicted molar refractivity (Wildman–Crippen MR) is 100 cm³/mol. The van der Waals surface area contributed by atoms with Crippen molar-refractivity contribution in [1.82, 2.24) is 0 Å². The lowest BCUT2D eigenvalue weighted by Gasteiger charge is -2.16. The lowest BCUT2D eigenvalue weighted by molar-refractivity contribution is -0.130. The van der Waals surface area contributed by atoms with Gasteiger partial charge in [0.05, 0.1) is 14.2 Å². The summed E-state index contributed by atoms with van der Waals surface area (Å²) in [5.74, 6) is 1.91. The summed E-state index contributed by atoms with van der Waals surface area (Å²) in [7, 11) is 3.19. The van der Waals surface area contributed by atoms with Crippen molar-refractivity contribution >= 4 is 17.9 Å². The van der Waals surface area contributed by atoms with Crippen LogP contribution in [0.5, 0.6) is 17.2 Å². The van der Waals surface area contributed by atoms with Gasteiger partial charge in [-0.3, -0.25) is 0 Å². The Morgan fingerprint density at radius 2 is 1.89 bits per heavy atom. The molecule has 0 bridgehead atoms. The fourth-order valence-electron chi connectivity index (χ4n) is 2.84. The lowest BCUT2D eigenvalue weighted by Crippen LogP contribution is -2.08. The second-order valence-corrected chi connectivity index (χ2v) is 5.98. The minimum absolute atomic E-state index is 0.236. The molecule has 0 unspecified atom stereocenters. The maximum atomic E-state index is 12.2. The number of carbonyl (C=O) groups excluding carboxylic acids is 1. The van der Waals surface area contributed by atoms with Crippen molar-refractivity contribution in [3.63, 3.8) is 0 Å². The molecule has 2 heterocycles. The van der Waals surface area contributed by atoms with Gasteiger partial charge in [0.15, 0.2) is 5.70 Å². The first kappa shape index (κ1) is 16.9. The molecule has 0 spiro atoms. The van der Waals surface area contributed by atoms with Crippen LogP contribution >= 0.6 is 0 Å². The van der Waals surface area contributed by atoms with E-state index in [0.29, 0.717) is 17.9 Å². The third-order valence-electron chi connectivity index (χ3n) is 4.22. The van der Waals surface area contributed by atoms with Gasteiger partial charge in [-0.05, 0) is 48.1 Å². The van der Waals surface area contributed by atoms with Crippen molar-refractivity contribution < 1.29 is 23.7 Å². The van der Waals surface area contributed by atoms with Gasteiger partial charge in [0.2, 0.25) is 5.90 Å². The number of carbonyl (C=O) groups is 1. The standard InChI is InChI=1S/C21H17NO5/c1-24-16-5-3-4-15(10-16)20-22-18(21(23)27-20)9-13-8-14-6-7-17(25-2)11-19(14)26-12-13/h3-11H,12H2,1-2H3/b18-9+. The van der Waals surface area contributed by atoms with Crippen molar-refractivity contribution in [1.29, 1.82) is 0 Å². The summed E-state index contributed by atoms with van der Waals surface area (Å²) in [5.41, 5.74) is 2.66. The Morgan fingerprint density at radius 3 is 2.70 bits per heavy atom. The summed E-state index contributed by atoms with van der Waals surface area (Å²) >= 11 is 0. The monoisotopic (exact) mass is 363 g/mol. The molecule has 0 radical (unpaired) electrons. The lowest BCUT2D eigenvalue weighted by atomic mass is 10.1. The van der Waals surface area contributed by atoms with Gasteiger partial charge in [-0.15, -0.1) is 0 Å². The summed E-state index contributed by atoms with van der Waals surface area (Å²) in [6.07, 6.45) is 3.64. The molecule has 2 aliphatic heterocycles. The molecule has 0 saturated carbocycles. The van der Waals surface area contributed by atoms with Crippen molar-refractivity contribution in [2.75, 3.05) is 20.8 Å². The number of cyclic esters (lactones) is 1. The van der Waals surface area contributed by atoms with Gasteiger partial charge < -0.3 is 18.9 Å². The van der Waals surface area contributed by atoms with Crippen LogP contribution in [0.3, 0.4) is 0 Å². The van der Waals surface area contributed by atoms with Crippen molar-refractivity contribution in [3.05, 3.63) is 70.9 Å². The smallest absolute Gasteiger partial charge is 0.363 e. The number of nitrogens with zero attached hydrogens (tertiary/aromatic N) is 1. The molecule has 0 saturated heterocycles. The molecule has 4 rings (SSSR count). The maximum Gasteiger partial charge on any atom is 0.363 e. The average Bonchev–Trinajstić information content (AvgIpc) is 3.08. The molecule has 0 amide bonds. The Balaban J connectivity index is 1.62. The fourth-order valence-corrected chi connectivity index (χ4v) is 2.84. The first-order valence-corrected chi connectivity index (χ1v) is 8.34. The highest BCUT2D eigenvalue weighted by Crippen LogP contribution is 2.31. The Labute approximate surface area is 156 Å². The number of hydrogen-bond donors (Lipinski definition) is 0. The number of fused-ring (bicyclic) bond motifs is 1. The van der Waals surface area contributed by atoms with Crippen LogP contribution in [0.4, 0.5) is 0 Å². The highest BCUT2D eigenvalue weighted by Gasteiger charge is 2.25. The summed E-state index contributed by atoms with van der Waals surface area (Å²) in [4.78, 5) is 16.5. The largest absolute Gasteiger partial charge is 0.497 e. The van der Waals surface area contributed by atoms with E-state index in [0.717, 1.165) is 22.6 Å². The van der Waals surface area contributed by atoms with E-state index >= 15 is 0 Å². The van der Waals surface area contributed by atoms with Crippen LogP contribution < -0.4 is 14.2 Å². The van der Waals surface area contributed by atoms with Crippen LogP contribution in [0, 0.1) is 0 Å². The minimum Gasteiger partial charge on any atom is -0.497 e. The van der Waals surface area contributed by atoms with E-state index in [4.69, 9.17) is 18.9 Å². The molecule has 6 heteroatoms. The van der Waals surface area contributed by atoms with Gasteiger partial charge in [0.25, 0.3) is 0 Å². The topological polar surface area (TPSA) is 66.3 Å². The van der Waals surface area contributed by atoms with Gasteiger partial charge in [0, 0.05) is 17.2 Å². The zero-order valence-electron chi connectivity index (χ0n) is 14.9. The van der Waals surface area contributed by atoms with E-state index in [1.807, 2.05) is 42.5 Å². The Kier molecular flexibility index (Phi) is 4.38. The first-order chi connectivity index (χ1) is 13.2. The predicted octanol–water partition coefficient (Wildman–Crippen LogP) is 3.37. The maximum absolute atomic E-state index is 12.2. The quantitative estimate of drug-likeness (QED) is 0.615. The van der Waals surface area contributed by atoms with E-state index in [-0.39, 0.29) is 11.6 Å². The van der Waals surface area contributed by atoms with E-state index in [9.17, 15) is 4.79 Å². The summed E-state index contributed by atoms with van der Waals surface area (Å²) in [5, 5.41) is 0. The molecule has 0 N–H and O–H groups in total. The zero-order chi connectivity index (χ0) is 18.8. The summed E-state index contributed by atoms with van der Waals surface area (Å²) in [6.45, 7) is 0.334. The van der Waals surface area contributed by atoms with E-state index in [1.54, 1.807) is 26.4 Å². The summed E-state index contributed by atoms with van der Waals surface area (Å²) < 4.78 is 21.5. The van der Waals surface area contributed by atoms with E-state index in [2.05, 4.69) is 4.99 Å². The molecule has 2 aromatic carbocycles. The van der Waals surface area contributed by atoms with E-state index < -0.39 is 5.97 Å². The number of benzene rings is 2. The van der Waals surface area contributed by atoms with Crippen molar-refractivity contribution in [2.45, 2.75) is 0 Å². The highest BCUT2D eigenvalue weighted by molar-refractivity contribution is 6.11. The summed E-state index contributed by atoms with van der Waals surface area (Å²) in [6, 6.07) is 12.8. The Bertz CT molecular complexity index is 1000. The third-order valence-corrected chi connectivity index (χ3v) is 4.22. The molecule has 2 aromatic rings. The van der Waals surface area contributed by atoms with Gasteiger partial charge in [0.1, 0.15) is 23.9 Å². The van der Waals surface area contributed by atoms with Gasteiger partial charge in [-0.25, -0.2) is 9.79 Å². The second-order valence-electron chi connectivity index (χ2n) is 5.98. The first-order valence-electron chi connectivity index (χ1n) is 8.34. The van der Waals surface area contributed by atoms with Gasteiger partial charge in [-0.1, -0.05) is 6.07 Å². The number of hydrogen-bond acceptors (Lipinski definition) is 6. The number of aliphatic imine (C=N–C) groups is 1. The molecule has 27 heavy (non-hydrogen) atoms. The number of rotatable bonds is 4. The fraction of sp³-hybridized carbons (Fsp3) is 0.143. The van der Waals surface area contributed by atoms with Crippen LogP contribution in [0.2, 0.25) is 0 Å². The molecule has 6 nitrogen and oxygen atoms in total. The Hall–Kier alpha value is -3.54. The van der Waals surface area contributed by atoms with E-state index in [1.165, 1.54) is 0 Å². The number of ether oxygens (including phenoxy) is 4. The molecule has 0 atom stereocenters. The highest BCUT2D eigenvalue weighted by atomic mass is 16.6. The number of esters is 1. The SMILES string of the molecule is COc1cccc(C2=N/C(=C/C3=Cc4ccc(OC)cc4OC3)C(=O)O2)c1. The molecule has 2 aliphatic rings. The third kappa shape index (κ3) is 3.42.